The van der Waals surface area contributed by atoms with E-state index in [0.717, 1.165) is 0 Å². The van der Waals surface area contributed by atoms with Crippen molar-refractivity contribution in [3.63, 3.8) is 0 Å². The summed E-state index contributed by atoms with van der Waals surface area (Å²) in [5.41, 5.74) is 0.350. The highest BCUT2D eigenvalue weighted by atomic mass is 19.1. The van der Waals surface area contributed by atoms with Crippen LogP contribution in [-0.2, 0) is 11.3 Å². The van der Waals surface area contributed by atoms with Gasteiger partial charge in [0.2, 0.25) is 0 Å². The Balaban J connectivity index is 2.25. The van der Waals surface area contributed by atoms with Gasteiger partial charge in [-0.2, -0.15) is 0 Å². The third kappa shape index (κ3) is 5.35. The van der Waals surface area contributed by atoms with Gasteiger partial charge in [0.1, 0.15) is 5.82 Å². The molecule has 4 N–H and O–H groups in total. The van der Waals surface area contributed by atoms with E-state index in [4.69, 9.17) is 10.2 Å². The van der Waals surface area contributed by atoms with E-state index in [-0.39, 0.29) is 19.5 Å². The topological polar surface area (TPSA) is 98.7 Å². The summed E-state index contributed by atoms with van der Waals surface area (Å²) in [6.45, 7) is 0.0383. The maximum Gasteiger partial charge on any atom is 0.332 e. The quantitative estimate of drug-likeness (QED) is 0.603. The van der Waals surface area contributed by atoms with Gasteiger partial charge in [0.05, 0.1) is 0 Å². The molecule has 0 fully saturated rings. The zero-order valence-corrected chi connectivity index (χ0v) is 10.1. The monoisotopic (exact) mass is 270 g/mol. The van der Waals surface area contributed by atoms with Crippen LogP contribution in [0.15, 0.2) is 24.3 Å². The lowest BCUT2D eigenvalue weighted by Crippen LogP contribution is -2.37. The molecule has 1 rings (SSSR count). The van der Waals surface area contributed by atoms with E-state index >= 15 is 0 Å². The van der Waals surface area contributed by atoms with Crippen molar-refractivity contribution in [1.82, 2.24) is 10.6 Å². The second kappa shape index (κ2) is 7.32. The molecule has 0 saturated heterocycles. The van der Waals surface area contributed by atoms with Gasteiger partial charge in [-0.25, -0.2) is 14.0 Å². The Hall–Kier alpha value is -2.15. The van der Waals surface area contributed by atoms with Crippen molar-refractivity contribution in [3.05, 3.63) is 35.6 Å². The molecular formula is C12H15FN2O4. The van der Waals surface area contributed by atoms with Gasteiger partial charge in [-0.05, 0) is 6.07 Å². The summed E-state index contributed by atoms with van der Waals surface area (Å²) in [7, 11) is 0. The number of halogens is 1. The van der Waals surface area contributed by atoms with E-state index in [1.165, 1.54) is 6.07 Å². The van der Waals surface area contributed by atoms with Crippen LogP contribution in [0.3, 0.4) is 0 Å². The smallest absolute Gasteiger partial charge is 0.332 e. The summed E-state index contributed by atoms with van der Waals surface area (Å²) < 4.78 is 13.2. The van der Waals surface area contributed by atoms with E-state index in [2.05, 4.69) is 10.6 Å². The number of aliphatic hydroxyl groups is 1. The summed E-state index contributed by atoms with van der Waals surface area (Å²) in [5, 5.41) is 22.2. The molecule has 0 spiro atoms. The first-order valence-corrected chi connectivity index (χ1v) is 5.66. The average molecular weight is 270 g/mol. The number of carboxylic acid groups (broad SMARTS) is 1. The van der Waals surface area contributed by atoms with E-state index in [1.54, 1.807) is 18.2 Å². The summed E-state index contributed by atoms with van der Waals surface area (Å²) in [5.74, 6) is -1.75. The predicted molar refractivity (Wildman–Crippen MR) is 64.9 cm³/mol. The van der Waals surface area contributed by atoms with Crippen LogP contribution in [-0.4, -0.2) is 34.9 Å². The molecule has 1 aromatic rings. The third-order valence-electron chi connectivity index (χ3n) is 2.39. The van der Waals surface area contributed by atoms with Gasteiger partial charge >= 0.3 is 12.0 Å². The van der Waals surface area contributed by atoms with Crippen molar-refractivity contribution in [1.29, 1.82) is 0 Å². The normalized spacial score (nSPS) is 11.7. The number of benzene rings is 1. The van der Waals surface area contributed by atoms with E-state index in [0.29, 0.717) is 5.56 Å². The van der Waals surface area contributed by atoms with Crippen LogP contribution in [0.2, 0.25) is 0 Å². The first kappa shape index (κ1) is 14.9. The van der Waals surface area contributed by atoms with Crippen LogP contribution in [0.25, 0.3) is 0 Å². The highest BCUT2D eigenvalue weighted by molar-refractivity contribution is 5.74. The number of urea groups is 1. The lowest BCUT2D eigenvalue weighted by molar-refractivity contribution is -0.146. The first-order valence-electron chi connectivity index (χ1n) is 5.66. The predicted octanol–water partition coefficient (Wildman–Crippen LogP) is 0.460. The Kier molecular flexibility index (Phi) is 5.74. The molecule has 1 atom stereocenters. The maximum atomic E-state index is 13.2. The fourth-order valence-corrected chi connectivity index (χ4v) is 1.33. The van der Waals surface area contributed by atoms with Crippen molar-refractivity contribution in [2.24, 2.45) is 0 Å². The molecule has 0 radical (unpaired) electrons. The Morgan fingerprint density at radius 1 is 1.26 bits per heavy atom. The molecule has 0 aliphatic heterocycles. The van der Waals surface area contributed by atoms with E-state index < -0.39 is 23.9 Å². The number of carboxylic acids is 1. The van der Waals surface area contributed by atoms with Gasteiger partial charge in [-0.1, -0.05) is 18.2 Å². The van der Waals surface area contributed by atoms with Crippen LogP contribution in [0.1, 0.15) is 12.0 Å². The van der Waals surface area contributed by atoms with Gasteiger partial charge in [-0.3, -0.25) is 0 Å². The number of nitrogens with one attached hydrogen (secondary N) is 2. The third-order valence-corrected chi connectivity index (χ3v) is 2.39. The fourth-order valence-electron chi connectivity index (χ4n) is 1.33. The van der Waals surface area contributed by atoms with E-state index in [1.807, 2.05) is 0 Å². The van der Waals surface area contributed by atoms with Crippen LogP contribution in [0.5, 0.6) is 0 Å². The lowest BCUT2D eigenvalue weighted by atomic mass is 10.2. The molecule has 6 nitrogen and oxygen atoms in total. The highest BCUT2D eigenvalue weighted by Gasteiger charge is 2.12. The molecule has 0 aliphatic carbocycles. The molecule has 0 aliphatic rings. The molecule has 0 bridgehead atoms. The van der Waals surface area contributed by atoms with Gasteiger partial charge < -0.3 is 20.8 Å². The van der Waals surface area contributed by atoms with Gasteiger partial charge in [-0.15, -0.1) is 0 Å². The lowest BCUT2D eigenvalue weighted by Gasteiger charge is -2.09. The van der Waals surface area contributed by atoms with Crippen LogP contribution in [0, 0.1) is 5.82 Å². The molecule has 0 saturated carbocycles. The Morgan fingerprint density at radius 3 is 2.58 bits per heavy atom. The fraction of sp³-hybridized carbons (Fsp3) is 0.333. The number of amides is 2. The molecule has 0 heterocycles. The molecule has 2 amide bonds. The second-order valence-electron chi connectivity index (χ2n) is 3.84. The molecule has 1 unspecified atom stereocenters. The van der Waals surface area contributed by atoms with Crippen molar-refractivity contribution in [2.75, 3.05) is 6.54 Å². The number of aliphatic carboxylic acids is 1. The zero-order valence-electron chi connectivity index (χ0n) is 10.1. The van der Waals surface area contributed by atoms with Crippen LogP contribution in [0.4, 0.5) is 9.18 Å². The minimum absolute atomic E-state index is 0.0105. The van der Waals surface area contributed by atoms with Crippen LogP contribution >= 0.6 is 0 Å². The number of hydrogen-bond donors (Lipinski definition) is 4. The summed E-state index contributed by atoms with van der Waals surface area (Å²) in [6, 6.07) is 5.48. The minimum atomic E-state index is -1.51. The Bertz CT molecular complexity index is 453. The van der Waals surface area contributed by atoms with Gasteiger partial charge in [0.25, 0.3) is 0 Å². The average Bonchev–Trinajstić information content (AvgIpc) is 2.37. The number of hydrogen-bond acceptors (Lipinski definition) is 3. The standard InChI is InChI=1S/C12H15FN2O4/c13-9-4-2-1-3-8(9)7-15-12(19)14-6-5-10(16)11(17)18/h1-4,10,16H,5-7H2,(H,17,18)(H2,14,15,19). The van der Waals surface area contributed by atoms with Crippen LogP contribution < -0.4 is 10.6 Å². The molecule has 0 aromatic heterocycles. The molecular weight excluding hydrogens is 255 g/mol. The molecule has 104 valence electrons. The zero-order chi connectivity index (χ0) is 14.3. The number of carbonyl (C=O) groups is 2. The Morgan fingerprint density at radius 2 is 1.95 bits per heavy atom. The number of carbonyl (C=O) groups excluding carboxylic acids is 1. The molecule has 19 heavy (non-hydrogen) atoms. The van der Waals surface area contributed by atoms with Gasteiger partial charge in [0, 0.05) is 25.1 Å². The summed E-state index contributed by atoms with van der Waals surface area (Å²) in [6.07, 6.45) is -1.60. The largest absolute Gasteiger partial charge is 0.479 e. The van der Waals surface area contributed by atoms with Crippen molar-refractivity contribution in [2.45, 2.75) is 19.1 Å². The van der Waals surface area contributed by atoms with E-state index in [9.17, 15) is 14.0 Å². The van der Waals surface area contributed by atoms with Crippen molar-refractivity contribution in [3.8, 4) is 0 Å². The highest BCUT2D eigenvalue weighted by Crippen LogP contribution is 2.05. The minimum Gasteiger partial charge on any atom is -0.479 e. The first-order chi connectivity index (χ1) is 9.00. The van der Waals surface area contributed by atoms with Crippen molar-refractivity contribution < 1.29 is 24.2 Å². The number of aliphatic hydroxyl groups excluding tert-OH is 1. The molecule has 7 heteroatoms. The van der Waals surface area contributed by atoms with Gasteiger partial charge in [0.15, 0.2) is 6.10 Å². The number of rotatable bonds is 6. The summed E-state index contributed by atoms with van der Waals surface area (Å²) in [4.78, 5) is 21.6. The summed E-state index contributed by atoms with van der Waals surface area (Å²) >= 11 is 0. The second-order valence-corrected chi connectivity index (χ2v) is 3.84. The maximum absolute atomic E-state index is 13.2. The van der Waals surface area contributed by atoms with Crippen molar-refractivity contribution >= 4 is 12.0 Å². The Labute approximate surface area is 109 Å². The molecule has 1 aromatic carbocycles. The SMILES string of the molecule is O=C(NCCC(O)C(=O)O)NCc1ccccc1F.